The Kier molecular flexibility index (Phi) is 7.67. The molecule has 0 aliphatic heterocycles. The number of hydrogen-bond acceptors (Lipinski definition) is 6. The molecule has 0 unspecified atom stereocenters. The second kappa shape index (κ2) is 9.97. The van der Waals surface area contributed by atoms with E-state index in [9.17, 15) is 19.2 Å². The molecule has 29 heavy (non-hydrogen) atoms. The lowest BCUT2D eigenvalue weighted by Gasteiger charge is -2.22. The summed E-state index contributed by atoms with van der Waals surface area (Å²) in [5.41, 5.74) is 1.01. The summed E-state index contributed by atoms with van der Waals surface area (Å²) in [5.74, 6) is -1.85. The maximum atomic E-state index is 12.5. The minimum Gasteiger partial charge on any atom is -0.451 e. The van der Waals surface area contributed by atoms with Crippen molar-refractivity contribution in [2.45, 2.75) is 39.8 Å². The van der Waals surface area contributed by atoms with E-state index in [-0.39, 0.29) is 17.6 Å². The highest BCUT2D eigenvalue weighted by molar-refractivity contribution is 7.12. The van der Waals surface area contributed by atoms with Crippen LogP contribution in [0, 0.1) is 5.92 Å². The van der Waals surface area contributed by atoms with Gasteiger partial charge in [0.25, 0.3) is 11.8 Å². The van der Waals surface area contributed by atoms with Crippen LogP contribution in [-0.4, -0.2) is 35.7 Å². The van der Waals surface area contributed by atoms with Gasteiger partial charge < -0.3 is 15.4 Å². The van der Waals surface area contributed by atoms with Gasteiger partial charge in [-0.2, -0.15) is 0 Å². The predicted molar refractivity (Wildman–Crippen MR) is 111 cm³/mol. The quantitative estimate of drug-likeness (QED) is 0.508. The number of carbonyl (C=O) groups is 4. The first-order valence-electron chi connectivity index (χ1n) is 9.15. The Bertz CT molecular complexity index is 875. The average Bonchev–Trinajstić information content (AvgIpc) is 3.20. The zero-order valence-electron chi connectivity index (χ0n) is 16.7. The second-order valence-electron chi connectivity index (χ2n) is 6.87. The monoisotopic (exact) mass is 416 g/mol. The van der Waals surface area contributed by atoms with E-state index in [0.29, 0.717) is 16.1 Å². The molecule has 7 nitrogen and oxygen atoms in total. The molecule has 0 radical (unpaired) electrons. The van der Waals surface area contributed by atoms with Gasteiger partial charge in [0.15, 0.2) is 11.9 Å². The summed E-state index contributed by atoms with van der Waals surface area (Å²) in [7, 11) is 0. The standard InChI is InChI=1S/C21H24N2O5S/c1-12(2)18(23-20(26)17-6-5-11-29-17)21(27)28-14(4)19(25)22-16-9-7-15(8-10-16)13(3)24/h5-12,14,18H,1-4H3,(H,22,25)(H,23,26)/t14-,18-/m1/s1. The van der Waals surface area contributed by atoms with Crippen molar-refractivity contribution in [2.24, 2.45) is 5.92 Å². The largest absolute Gasteiger partial charge is 0.451 e. The van der Waals surface area contributed by atoms with Crippen LogP contribution in [0.25, 0.3) is 0 Å². The van der Waals surface area contributed by atoms with Crippen LogP contribution in [0.3, 0.4) is 0 Å². The summed E-state index contributed by atoms with van der Waals surface area (Å²) in [5, 5.41) is 7.06. The normalized spacial score (nSPS) is 12.7. The van der Waals surface area contributed by atoms with Crippen molar-refractivity contribution < 1.29 is 23.9 Å². The van der Waals surface area contributed by atoms with Gasteiger partial charge in [0.1, 0.15) is 6.04 Å². The number of rotatable bonds is 8. The molecular formula is C21H24N2O5S. The molecule has 0 saturated heterocycles. The Morgan fingerprint density at radius 3 is 2.17 bits per heavy atom. The van der Waals surface area contributed by atoms with Gasteiger partial charge in [-0.1, -0.05) is 19.9 Å². The Balaban J connectivity index is 1.96. The van der Waals surface area contributed by atoms with Crippen molar-refractivity contribution in [1.29, 1.82) is 0 Å². The van der Waals surface area contributed by atoms with Gasteiger partial charge in [-0.15, -0.1) is 11.3 Å². The van der Waals surface area contributed by atoms with Gasteiger partial charge in [-0.25, -0.2) is 4.79 Å². The van der Waals surface area contributed by atoms with Crippen molar-refractivity contribution in [2.75, 3.05) is 5.32 Å². The fraction of sp³-hybridized carbons (Fsp3) is 0.333. The molecule has 1 heterocycles. The summed E-state index contributed by atoms with van der Waals surface area (Å²) in [6.07, 6.45) is -1.06. The van der Waals surface area contributed by atoms with Crippen LogP contribution in [0.5, 0.6) is 0 Å². The van der Waals surface area contributed by atoms with Crippen molar-refractivity contribution in [3.8, 4) is 0 Å². The van der Waals surface area contributed by atoms with E-state index in [2.05, 4.69) is 10.6 Å². The molecule has 154 valence electrons. The Labute approximate surface area is 173 Å². The zero-order valence-corrected chi connectivity index (χ0v) is 17.5. The molecule has 0 spiro atoms. The van der Waals surface area contributed by atoms with Crippen molar-refractivity contribution in [3.05, 3.63) is 52.2 Å². The number of Topliss-reactive ketones (excluding diaryl/α,β-unsaturated/α-hetero) is 1. The number of esters is 1. The number of thiophene rings is 1. The van der Waals surface area contributed by atoms with Gasteiger partial charge in [-0.3, -0.25) is 14.4 Å². The molecule has 0 fully saturated rings. The van der Waals surface area contributed by atoms with Gasteiger partial charge in [0.2, 0.25) is 0 Å². The van der Waals surface area contributed by atoms with Gasteiger partial charge in [-0.05, 0) is 55.5 Å². The van der Waals surface area contributed by atoms with E-state index in [1.54, 1.807) is 55.6 Å². The van der Waals surface area contributed by atoms with Gasteiger partial charge >= 0.3 is 5.97 Å². The number of ketones is 1. The molecule has 2 rings (SSSR count). The van der Waals surface area contributed by atoms with E-state index in [0.717, 1.165) is 0 Å². The van der Waals surface area contributed by atoms with Crippen LogP contribution in [0.2, 0.25) is 0 Å². The van der Waals surface area contributed by atoms with Crippen molar-refractivity contribution in [1.82, 2.24) is 5.32 Å². The first-order valence-corrected chi connectivity index (χ1v) is 10.0. The lowest BCUT2D eigenvalue weighted by atomic mass is 10.0. The highest BCUT2D eigenvalue weighted by Crippen LogP contribution is 2.13. The number of hydrogen-bond donors (Lipinski definition) is 2. The molecule has 2 amide bonds. The second-order valence-corrected chi connectivity index (χ2v) is 7.82. The van der Waals surface area contributed by atoms with Crippen LogP contribution in [0.15, 0.2) is 41.8 Å². The Morgan fingerprint density at radius 2 is 1.66 bits per heavy atom. The molecule has 2 N–H and O–H groups in total. The van der Waals surface area contributed by atoms with Crippen molar-refractivity contribution >= 4 is 40.6 Å². The van der Waals surface area contributed by atoms with E-state index in [4.69, 9.17) is 4.74 Å². The molecule has 2 atom stereocenters. The number of carbonyl (C=O) groups excluding carboxylic acids is 4. The minimum absolute atomic E-state index is 0.0745. The maximum Gasteiger partial charge on any atom is 0.329 e. The number of anilines is 1. The molecule has 0 aliphatic rings. The Hall–Kier alpha value is -3.00. The third-order valence-electron chi connectivity index (χ3n) is 4.17. The van der Waals surface area contributed by atoms with E-state index in [1.807, 2.05) is 0 Å². The lowest BCUT2D eigenvalue weighted by molar-refractivity contribution is -0.156. The van der Waals surface area contributed by atoms with Crippen LogP contribution < -0.4 is 10.6 Å². The summed E-state index contributed by atoms with van der Waals surface area (Å²) < 4.78 is 5.27. The summed E-state index contributed by atoms with van der Waals surface area (Å²) in [4.78, 5) is 48.9. The highest BCUT2D eigenvalue weighted by atomic mass is 32.1. The molecule has 8 heteroatoms. The van der Waals surface area contributed by atoms with Crippen LogP contribution >= 0.6 is 11.3 Å². The third-order valence-corrected chi connectivity index (χ3v) is 5.04. The van der Waals surface area contributed by atoms with Crippen LogP contribution in [-0.2, 0) is 14.3 Å². The summed E-state index contributed by atoms with van der Waals surface area (Å²) >= 11 is 1.27. The fourth-order valence-electron chi connectivity index (χ4n) is 2.45. The van der Waals surface area contributed by atoms with Gasteiger partial charge in [0.05, 0.1) is 4.88 Å². The average molecular weight is 416 g/mol. The topological polar surface area (TPSA) is 102 Å². The molecule has 1 aromatic heterocycles. The summed E-state index contributed by atoms with van der Waals surface area (Å²) in [6.45, 7) is 6.47. The molecule has 2 aromatic rings. The molecule has 0 aliphatic carbocycles. The summed E-state index contributed by atoms with van der Waals surface area (Å²) in [6, 6.07) is 8.93. The first-order chi connectivity index (χ1) is 13.7. The number of amides is 2. The predicted octanol–water partition coefficient (Wildman–Crippen LogP) is 3.28. The zero-order chi connectivity index (χ0) is 21.6. The van der Waals surface area contributed by atoms with Crippen molar-refractivity contribution in [3.63, 3.8) is 0 Å². The number of benzene rings is 1. The van der Waals surface area contributed by atoms with E-state index >= 15 is 0 Å². The van der Waals surface area contributed by atoms with Crippen LogP contribution in [0.1, 0.15) is 47.7 Å². The minimum atomic E-state index is -1.06. The van der Waals surface area contributed by atoms with E-state index in [1.165, 1.54) is 25.2 Å². The molecular weight excluding hydrogens is 392 g/mol. The lowest BCUT2D eigenvalue weighted by Crippen LogP contribution is -2.47. The van der Waals surface area contributed by atoms with Crippen LogP contribution in [0.4, 0.5) is 5.69 Å². The molecule has 0 bridgehead atoms. The Morgan fingerprint density at radius 1 is 1.00 bits per heavy atom. The smallest absolute Gasteiger partial charge is 0.329 e. The first kappa shape index (κ1) is 22.3. The van der Waals surface area contributed by atoms with E-state index < -0.39 is 24.0 Å². The maximum absolute atomic E-state index is 12.5. The molecule has 1 aromatic carbocycles. The van der Waals surface area contributed by atoms with Gasteiger partial charge in [0, 0.05) is 11.3 Å². The highest BCUT2D eigenvalue weighted by Gasteiger charge is 2.29. The SMILES string of the molecule is CC(=O)c1ccc(NC(=O)[C@@H](C)OC(=O)[C@H](NC(=O)c2cccs2)C(C)C)cc1. The number of ether oxygens (including phenoxy) is 1. The third kappa shape index (κ3) is 6.25. The number of nitrogens with one attached hydrogen (secondary N) is 2. The fourth-order valence-corrected chi connectivity index (χ4v) is 3.08. The molecule has 0 saturated carbocycles.